The van der Waals surface area contributed by atoms with Gasteiger partial charge >= 0.3 is 0 Å². The molecule has 2 heterocycles. The number of amides is 4. The van der Waals surface area contributed by atoms with Crippen molar-refractivity contribution in [1.29, 1.82) is 0 Å². The van der Waals surface area contributed by atoms with Gasteiger partial charge in [0.15, 0.2) is 0 Å². The zero-order valence-corrected chi connectivity index (χ0v) is 13.0. The summed E-state index contributed by atoms with van der Waals surface area (Å²) in [5, 5.41) is 2.17. The van der Waals surface area contributed by atoms with Gasteiger partial charge in [-0.05, 0) is 24.6 Å². The Bertz CT molecular complexity index is 809. The summed E-state index contributed by atoms with van der Waals surface area (Å²) in [4.78, 5) is 51.1. The molecule has 0 aliphatic carbocycles. The topological polar surface area (TPSA) is 86.8 Å². The third-order valence-corrected chi connectivity index (χ3v) is 4.19. The van der Waals surface area contributed by atoms with Crippen LogP contribution in [0.1, 0.15) is 33.6 Å². The van der Waals surface area contributed by atoms with E-state index in [1.165, 1.54) is 0 Å². The minimum Gasteiger partial charge on any atom is -0.363 e. The fraction of sp³-hybridized carbons (Fsp3) is 0.294. The van der Waals surface area contributed by atoms with Crippen molar-refractivity contribution in [3.05, 3.63) is 29.3 Å². The van der Waals surface area contributed by atoms with Gasteiger partial charge in [0.05, 0.1) is 17.7 Å². The molecule has 1 fully saturated rings. The van der Waals surface area contributed by atoms with Crippen LogP contribution in [0, 0.1) is 12.3 Å². The van der Waals surface area contributed by atoms with Crippen LogP contribution in [0.5, 0.6) is 0 Å². The molecule has 0 radical (unpaired) electrons. The predicted molar refractivity (Wildman–Crippen MR) is 85.2 cm³/mol. The predicted octanol–water partition coefficient (Wildman–Crippen LogP) is 0.157. The Morgan fingerprint density at radius 1 is 1.25 bits per heavy atom. The molecule has 0 bridgehead atoms. The summed E-state index contributed by atoms with van der Waals surface area (Å²) in [6.07, 6.45) is 5.52. The van der Waals surface area contributed by atoms with Gasteiger partial charge in [-0.25, -0.2) is 0 Å². The first-order valence-electron chi connectivity index (χ1n) is 7.44. The maximum absolute atomic E-state index is 12.6. The van der Waals surface area contributed by atoms with E-state index in [1.807, 2.05) is 0 Å². The molecule has 1 saturated heterocycles. The molecule has 0 aromatic heterocycles. The van der Waals surface area contributed by atoms with Gasteiger partial charge in [0.2, 0.25) is 11.8 Å². The van der Waals surface area contributed by atoms with Crippen molar-refractivity contribution in [2.75, 3.05) is 18.5 Å². The number of hydrogen-bond acceptors (Lipinski definition) is 5. The molecule has 2 aliphatic heterocycles. The van der Waals surface area contributed by atoms with Gasteiger partial charge in [-0.2, -0.15) is 0 Å². The molecule has 4 amide bonds. The third-order valence-electron chi connectivity index (χ3n) is 4.19. The smallest absolute Gasteiger partial charge is 0.262 e. The number of piperidine rings is 1. The van der Waals surface area contributed by atoms with Crippen molar-refractivity contribution in [1.82, 2.24) is 10.2 Å². The van der Waals surface area contributed by atoms with E-state index in [2.05, 4.69) is 11.2 Å². The summed E-state index contributed by atoms with van der Waals surface area (Å²) in [5.41, 5.74) is 1.20. The molecule has 0 saturated carbocycles. The van der Waals surface area contributed by atoms with Crippen LogP contribution in [0.4, 0.5) is 5.69 Å². The van der Waals surface area contributed by atoms with Gasteiger partial charge in [0.25, 0.3) is 11.8 Å². The quantitative estimate of drug-likeness (QED) is 0.632. The van der Waals surface area contributed by atoms with Gasteiger partial charge < -0.3 is 4.90 Å². The summed E-state index contributed by atoms with van der Waals surface area (Å²) < 4.78 is 0. The number of anilines is 1. The molecule has 1 aromatic rings. The maximum Gasteiger partial charge on any atom is 0.262 e. The fourth-order valence-electron chi connectivity index (χ4n) is 2.92. The van der Waals surface area contributed by atoms with E-state index in [1.54, 1.807) is 30.1 Å². The number of nitrogens with zero attached hydrogens (tertiary/aromatic N) is 2. The minimum atomic E-state index is -0.956. The lowest BCUT2D eigenvalue weighted by Gasteiger charge is -2.27. The van der Waals surface area contributed by atoms with Crippen molar-refractivity contribution in [2.24, 2.45) is 0 Å². The molecule has 1 aromatic carbocycles. The molecule has 122 valence electrons. The molecule has 3 rings (SSSR count). The fourth-order valence-corrected chi connectivity index (χ4v) is 2.92. The minimum absolute atomic E-state index is 0.0972. The zero-order chi connectivity index (χ0) is 17.4. The highest BCUT2D eigenvalue weighted by Gasteiger charge is 2.44. The second kappa shape index (κ2) is 5.81. The number of benzene rings is 1. The number of carbonyl (C=O) groups is 4. The second-order valence-electron chi connectivity index (χ2n) is 5.74. The first-order valence-corrected chi connectivity index (χ1v) is 7.44. The molecule has 7 heteroatoms. The monoisotopic (exact) mass is 325 g/mol. The average Bonchev–Trinajstić information content (AvgIpc) is 2.79. The first kappa shape index (κ1) is 15.7. The number of carbonyl (C=O) groups excluding carboxylic acids is 4. The third kappa shape index (κ3) is 2.42. The van der Waals surface area contributed by atoms with Gasteiger partial charge in [-0.1, -0.05) is 5.92 Å². The van der Waals surface area contributed by atoms with Crippen LogP contribution in [0.25, 0.3) is 0 Å². The van der Waals surface area contributed by atoms with Gasteiger partial charge in [0.1, 0.15) is 6.04 Å². The van der Waals surface area contributed by atoms with Gasteiger partial charge in [-0.15, -0.1) is 6.42 Å². The van der Waals surface area contributed by atoms with Crippen molar-refractivity contribution in [2.45, 2.75) is 18.9 Å². The molecule has 1 N–H and O–H groups in total. The largest absolute Gasteiger partial charge is 0.363 e. The van der Waals surface area contributed by atoms with E-state index in [0.29, 0.717) is 12.2 Å². The molecular formula is C17H15N3O4. The summed E-state index contributed by atoms with van der Waals surface area (Å²) in [6, 6.07) is 3.90. The van der Waals surface area contributed by atoms with Crippen molar-refractivity contribution < 1.29 is 19.2 Å². The lowest BCUT2D eigenvalue weighted by atomic mass is 10.0. The van der Waals surface area contributed by atoms with Crippen LogP contribution in [0.2, 0.25) is 0 Å². The van der Waals surface area contributed by atoms with Crippen molar-refractivity contribution in [3.63, 3.8) is 0 Å². The molecule has 7 nitrogen and oxygen atoms in total. The van der Waals surface area contributed by atoms with E-state index in [0.717, 1.165) is 4.90 Å². The van der Waals surface area contributed by atoms with E-state index < -0.39 is 29.7 Å². The van der Waals surface area contributed by atoms with E-state index >= 15 is 0 Å². The Labute approximate surface area is 138 Å². The Balaban J connectivity index is 1.92. The molecule has 1 unspecified atom stereocenters. The number of hydrogen-bond donors (Lipinski definition) is 1. The Hall–Kier alpha value is -3.14. The average molecular weight is 325 g/mol. The molecule has 0 spiro atoms. The van der Waals surface area contributed by atoms with Crippen LogP contribution in [0.15, 0.2) is 18.2 Å². The number of rotatable bonds is 3. The molecule has 24 heavy (non-hydrogen) atoms. The van der Waals surface area contributed by atoms with Crippen molar-refractivity contribution in [3.8, 4) is 12.3 Å². The van der Waals surface area contributed by atoms with Gasteiger partial charge in [-0.3, -0.25) is 29.4 Å². The van der Waals surface area contributed by atoms with E-state index in [-0.39, 0.29) is 24.0 Å². The molecular weight excluding hydrogens is 310 g/mol. The number of nitrogens with one attached hydrogen (secondary N) is 1. The SMILES string of the molecule is C#CCN(C)c1ccc2c(c1)C(=O)N(C1CCC(=O)NC1=O)C2=O. The highest BCUT2D eigenvalue weighted by molar-refractivity contribution is 6.23. The Kier molecular flexibility index (Phi) is 3.81. The normalized spacial score (nSPS) is 19.8. The highest BCUT2D eigenvalue weighted by atomic mass is 16.2. The number of fused-ring (bicyclic) bond motifs is 1. The summed E-state index contributed by atoms with van der Waals surface area (Å²) in [6.45, 7) is 0.359. The first-order chi connectivity index (χ1) is 11.4. The lowest BCUT2D eigenvalue weighted by Crippen LogP contribution is -2.54. The van der Waals surface area contributed by atoms with Gasteiger partial charge in [0, 0.05) is 19.2 Å². The second-order valence-corrected chi connectivity index (χ2v) is 5.74. The number of imide groups is 2. The Morgan fingerprint density at radius 2 is 1.96 bits per heavy atom. The van der Waals surface area contributed by atoms with E-state index in [4.69, 9.17) is 6.42 Å². The zero-order valence-electron chi connectivity index (χ0n) is 13.0. The molecule has 1 atom stereocenters. The summed E-state index contributed by atoms with van der Waals surface area (Å²) >= 11 is 0. The highest BCUT2D eigenvalue weighted by Crippen LogP contribution is 2.30. The van der Waals surface area contributed by atoms with Crippen molar-refractivity contribution >= 4 is 29.3 Å². The summed E-state index contributed by atoms with van der Waals surface area (Å²) in [5.74, 6) is 0.440. The van der Waals surface area contributed by atoms with Crippen LogP contribution >= 0.6 is 0 Å². The Morgan fingerprint density at radius 3 is 2.62 bits per heavy atom. The van der Waals surface area contributed by atoms with E-state index in [9.17, 15) is 19.2 Å². The van der Waals surface area contributed by atoms with Crippen LogP contribution in [-0.4, -0.2) is 48.2 Å². The molecule has 2 aliphatic rings. The van der Waals surface area contributed by atoms with Crippen LogP contribution in [0.3, 0.4) is 0 Å². The summed E-state index contributed by atoms with van der Waals surface area (Å²) in [7, 11) is 1.78. The lowest BCUT2D eigenvalue weighted by molar-refractivity contribution is -0.136. The maximum atomic E-state index is 12.6. The standard InChI is InChI=1S/C17H15N3O4/c1-3-8-19(2)10-4-5-11-12(9-10)17(24)20(16(11)23)13-6-7-14(21)18-15(13)22/h1,4-5,9,13H,6-8H2,2H3,(H,18,21,22). The van der Waals surface area contributed by atoms with Crippen LogP contribution in [-0.2, 0) is 9.59 Å². The number of terminal acetylenes is 1. The van der Waals surface area contributed by atoms with Crippen LogP contribution < -0.4 is 10.2 Å².